The predicted molar refractivity (Wildman–Crippen MR) is 28.5 cm³/mol. The second-order valence-corrected chi connectivity index (χ2v) is 3.28. The van der Waals surface area contributed by atoms with E-state index in [0.29, 0.717) is 0 Å². The Labute approximate surface area is 58.1 Å². The topological polar surface area (TPSA) is 69.1 Å². The zero-order valence-corrected chi connectivity index (χ0v) is 5.67. The van der Waals surface area contributed by atoms with Crippen molar-refractivity contribution in [3.05, 3.63) is 0 Å². The van der Waals surface area contributed by atoms with Gasteiger partial charge in [-0.05, 0) is 0 Å². The van der Waals surface area contributed by atoms with Crippen molar-refractivity contribution in [1.29, 1.82) is 0 Å². The van der Waals surface area contributed by atoms with E-state index in [2.05, 4.69) is 11.5 Å². The fourth-order valence-corrected chi connectivity index (χ4v) is 0. The van der Waals surface area contributed by atoms with Crippen molar-refractivity contribution >= 4 is 13.8 Å². The Hall–Kier alpha value is -0.720. The van der Waals surface area contributed by atoms with Gasteiger partial charge in [0.1, 0.15) is 0 Å². The summed E-state index contributed by atoms with van der Waals surface area (Å²) in [5.41, 5.74) is 8.50. The van der Waals surface area contributed by atoms with Crippen molar-refractivity contribution in [2.45, 2.75) is 0 Å². The molecule has 4 N–H and O–H groups in total. The maximum absolute atomic E-state index is 10.7. The van der Waals surface area contributed by atoms with Gasteiger partial charge >= 0.3 is 40.4 Å². The van der Waals surface area contributed by atoms with Crippen LogP contribution in [-0.4, -0.2) is 6.03 Å². The molecule has 0 heterocycles. The first-order chi connectivity index (χ1) is 4.18. The summed E-state index contributed by atoms with van der Waals surface area (Å²) in [6.07, 6.45) is 0. The molecule has 3 nitrogen and oxygen atoms in total. The SMILES string of the molecule is F[P-](F)(F)(F)(F)F.NC(N)=O.[H+]. The van der Waals surface area contributed by atoms with Gasteiger partial charge in [-0.3, -0.25) is 0 Å². The first kappa shape index (κ1) is 12.9. The molecule has 0 aliphatic heterocycles. The van der Waals surface area contributed by atoms with Gasteiger partial charge in [-0.2, -0.15) is 0 Å². The van der Waals surface area contributed by atoms with Crippen molar-refractivity contribution in [3.63, 3.8) is 0 Å². The van der Waals surface area contributed by atoms with E-state index in [1.807, 2.05) is 0 Å². The van der Waals surface area contributed by atoms with Gasteiger partial charge in [0.2, 0.25) is 0 Å². The van der Waals surface area contributed by atoms with Crippen LogP contribution in [0.2, 0.25) is 0 Å². The number of urea groups is 1. The van der Waals surface area contributed by atoms with Gasteiger partial charge in [-0.1, -0.05) is 0 Å². The molecular weight excluding hydrogens is 201 g/mol. The molecule has 0 unspecified atom stereocenters. The average molecular weight is 206 g/mol. The summed E-state index contributed by atoms with van der Waals surface area (Å²) in [6, 6.07) is -0.833. The van der Waals surface area contributed by atoms with Crippen LogP contribution in [0.5, 0.6) is 0 Å². The number of halogens is 6. The van der Waals surface area contributed by atoms with Crippen molar-refractivity contribution in [1.82, 2.24) is 0 Å². The van der Waals surface area contributed by atoms with Gasteiger partial charge in [0.25, 0.3) is 0 Å². The Morgan fingerprint density at radius 3 is 1.00 bits per heavy atom. The minimum atomic E-state index is -10.7. The van der Waals surface area contributed by atoms with Crippen molar-refractivity contribution in [2.24, 2.45) is 11.5 Å². The van der Waals surface area contributed by atoms with Crippen LogP contribution in [0.4, 0.5) is 30.0 Å². The van der Waals surface area contributed by atoms with Crippen LogP contribution in [0, 0.1) is 0 Å². The molecule has 72 valence electrons. The zero-order chi connectivity index (χ0) is 9.99. The summed E-state index contributed by atoms with van der Waals surface area (Å²) in [5, 5.41) is 0. The minimum Gasteiger partial charge on any atom is -0.352 e. The number of carbonyl (C=O) groups is 1. The molecule has 0 aromatic heterocycles. The van der Waals surface area contributed by atoms with Gasteiger partial charge in [-0.15, -0.1) is 0 Å². The molecule has 11 heavy (non-hydrogen) atoms. The maximum Gasteiger partial charge on any atom is 1.00 e. The Morgan fingerprint density at radius 1 is 1.00 bits per heavy atom. The quantitative estimate of drug-likeness (QED) is 0.464. The number of hydrogen-bond acceptors (Lipinski definition) is 1. The van der Waals surface area contributed by atoms with Gasteiger partial charge in [-0.25, -0.2) is 4.79 Å². The van der Waals surface area contributed by atoms with Gasteiger partial charge in [0.05, 0.1) is 0 Å². The monoisotopic (exact) mass is 206 g/mol. The van der Waals surface area contributed by atoms with Crippen LogP contribution in [0.15, 0.2) is 0 Å². The molecule has 0 fully saturated rings. The standard InChI is InChI=1S/CH4N2O.F6P/c2-1(3)4;1-7(2,3,4,5)6/h(H4,2,3,4);/q;-1/p+1. The first-order valence-electron chi connectivity index (χ1n) is 1.80. The van der Waals surface area contributed by atoms with E-state index in [1.54, 1.807) is 0 Å². The third-order valence-corrected chi connectivity index (χ3v) is 0. The Kier molecular flexibility index (Phi) is 2.50. The molecule has 0 atom stereocenters. The van der Waals surface area contributed by atoms with E-state index >= 15 is 0 Å². The van der Waals surface area contributed by atoms with Gasteiger partial charge in [0, 0.05) is 0 Å². The molecule has 0 saturated heterocycles. The number of hydrogen-bond donors (Lipinski definition) is 2. The smallest absolute Gasteiger partial charge is 0.352 e. The minimum absolute atomic E-state index is 0. The van der Waals surface area contributed by atoms with E-state index in [4.69, 9.17) is 4.79 Å². The van der Waals surface area contributed by atoms with Crippen LogP contribution >= 0.6 is 7.81 Å². The van der Waals surface area contributed by atoms with Crippen molar-refractivity contribution in [3.8, 4) is 0 Å². The average Bonchev–Trinajstić information content (AvgIpc) is 1.11. The summed E-state index contributed by atoms with van der Waals surface area (Å²) in [6.45, 7) is 0. The Morgan fingerprint density at radius 2 is 1.00 bits per heavy atom. The van der Waals surface area contributed by atoms with Crippen molar-refractivity contribution < 1.29 is 31.4 Å². The van der Waals surface area contributed by atoms with Crippen molar-refractivity contribution in [2.75, 3.05) is 0 Å². The predicted octanol–water partition coefficient (Wildman–Crippen LogP) is 2.52. The Balaban J connectivity index is -0.000000142. The summed E-state index contributed by atoms with van der Waals surface area (Å²) in [5.74, 6) is 0. The largest absolute Gasteiger partial charge is 1.00 e. The first-order valence-corrected chi connectivity index (χ1v) is 3.82. The number of primary amides is 2. The van der Waals surface area contributed by atoms with Crippen LogP contribution in [-0.2, 0) is 0 Å². The summed E-state index contributed by atoms with van der Waals surface area (Å²) < 4.78 is 59.2. The molecule has 0 aromatic rings. The van der Waals surface area contributed by atoms with E-state index in [9.17, 15) is 25.2 Å². The van der Waals surface area contributed by atoms with Gasteiger partial charge in [0.15, 0.2) is 0 Å². The summed E-state index contributed by atoms with van der Waals surface area (Å²) in [7, 11) is -10.7. The van der Waals surface area contributed by atoms with E-state index < -0.39 is 13.8 Å². The molecule has 0 saturated carbocycles. The molecule has 0 aliphatic carbocycles. The molecule has 10 heteroatoms. The third kappa shape index (κ3) is 949. The fraction of sp³-hybridized carbons (Fsp3) is 0. The third-order valence-electron chi connectivity index (χ3n) is 0. The van der Waals surface area contributed by atoms with Crippen LogP contribution < -0.4 is 11.5 Å². The van der Waals surface area contributed by atoms with E-state index in [-0.39, 0.29) is 1.43 Å². The fourth-order valence-electron chi connectivity index (χ4n) is 0. The molecule has 0 spiro atoms. The summed E-state index contributed by atoms with van der Waals surface area (Å²) >= 11 is 0. The van der Waals surface area contributed by atoms with Crippen LogP contribution in [0.1, 0.15) is 1.43 Å². The second kappa shape index (κ2) is 2.13. The number of carbonyl (C=O) groups excluding carboxylic acids is 1. The van der Waals surface area contributed by atoms with Crippen LogP contribution in [0.3, 0.4) is 0 Å². The molecule has 2 amide bonds. The maximum atomic E-state index is 9.87. The molecule has 0 aliphatic rings. The number of nitrogens with two attached hydrogens (primary N) is 2. The summed E-state index contributed by atoms with van der Waals surface area (Å²) in [4.78, 5) is 9.00. The van der Waals surface area contributed by atoms with E-state index in [1.165, 1.54) is 0 Å². The molecule has 0 bridgehead atoms. The number of rotatable bonds is 0. The van der Waals surface area contributed by atoms with Gasteiger partial charge < -0.3 is 11.5 Å². The number of amides is 2. The second-order valence-electron chi connectivity index (χ2n) is 1.36. The molecule has 0 radical (unpaired) electrons. The van der Waals surface area contributed by atoms with Crippen LogP contribution in [0.25, 0.3) is 0 Å². The molecule has 0 rings (SSSR count). The Bertz CT molecular complexity index is 143. The molecule has 0 aromatic carbocycles. The molecular formula is CH5F6N2OP. The zero-order valence-electron chi connectivity index (χ0n) is 5.78. The van der Waals surface area contributed by atoms with E-state index in [0.717, 1.165) is 0 Å². The normalized spacial score (nSPS) is 16.9.